The zero-order valence-electron chi connectivity index (χ0n) is 13.3. The van der Waals surface area contributed by atoms with E-state index in [1.165, 1.54) is 0 Å². The maximum Gasteiger partial charge on any atom is 0.303 e. The molecule has 128 valence electrons. The van der Waals surface area contributed by atoms with E-state index >= 15 is 0 Å². The molecule has 22 heavy (non-hydrogen) atoms. The number of hydrogen-bond acceptors (Lipinski definition) is 5. The van der Waals surface area contributed by atoms with Crippen LogP contribution in [0.3, 0.4) is 0 Å². The molecule has 0 aromatic carbocycles. The Kier molecular flexibility index (Phi) is 10.1. The number of carbonyl (C=O) groups excluding carboxylic acids is 1. The summed E-state index contributed by atoms with van der Waals surface area (Å²) in [5.41, 5.74) is 0. The van der Waals surface area contributed by atoms with E-state index < -0.39 is 5.97 Å². The second-order valence-corrected chi connectivity index (χ2v) is 5.35. The molecule has 0 aromatic heterocycles. The molecule has 1 saturated heterocycles. The molecule has 1 aliphatic rings. The van der Waals surface area contributed by atoms with E-state index in [1.807, 2.05) is 0 Å². The highest BCUT2D eigenvalue weighted by atomic mass is 16.5. The standard InChI is InChI=1S/C13H24N2O4.CH2O2/c1-9(2)15-7-10(11(8-15)19-3)14-12(16)5-4-6-13(17)18;2-1-3/h9-11H,4-8H2,1-3H3,(H,14,16)(H,17,18);1H,(H,2,3)/t10-,11-;/m0./s1. The van der Waals surface area contributed by atoms with Gasteiger partial charge in [-0.3, -0.25) is 19.3 Å². The fourth-order valence-electron chi connectivity index (χ4n) is 2.28. The topological polar surface area (TPSA) is 116 Å². The summed E-state index contributed by atoms with van der Waals surface area (Å²) in [7, 11) is 1.65. The quantitative estimate of drug-likeness (QED) is 0.573. The number of ether oxygens (including phenoxy) is 1. The summed E-state index contributed by atoms with van der Waals surface area (Å²) in [4.78, 5) is 32.7. The molecule has 8 heteroatoms. The van der Waals surface area contributed by atoms with Gasteiger partial charge >= 0.3 is 5.97 Å². The molecule has 1 amide bonds. The summed E-state index contributed by atoms with van der Waals surface area (Å²) < 4.78 is 5.40. The van der Waals surface area contributed by atoms with Crippen molar-refractivity contribution in [1.29, 1.82) is 0 Å². The van der Waals surface area contributed by atoms with Crippen molar-refractivity contribution in [1.82, 2.24) is 10.2 Å². The molecular formula is C14H26N2O6. The highest BCUT2D eigenvalue weighted by Gasteiger charge is 2.34. The molecule has 0 unspecified atom stereocenters. The minimum atomic E-state index is -0.866. The normalized spacial score (nSPS) is 21.1. The minimum absolute atomic E-state index is 0.00539. The van der Waals surface area contributed by atoms with Crippen molar-refractivity contribution in [2.75, 3.05) is 20.2 Å². The third kappa shape index (κ3) is 7.94. The molecule has 1 aliphatic heterocycles. The van der Waals surface area contributed by atoms with Gasteiger partial charge in [0.1, 0.15) is 0 Å². The van der Waals surface area contributed by atoms with Crippen LogP contribution >= 0.6 is 0 Å². The van der Waals surface area contributed by atoms with Crippen LogP contribution in [0.4, 0.5) is 0 Å². The predicted octanol–water partition coefficient (Wildman–Crippen LogP) is 0.166. The summed E-state index contributed by atoms with van der Waals surface area (Å²) in [6, 6.07) is 0.413. The van der Waals surface area contributed by atoms with E-state index in [1.54, 1.807) is 7.11 Å². The predicted molar refractivity (Wildman–Crippen MR) is 79.6 cm³/mol. The van der Waals surface area contributed by atoms with Crippen LogP contribution < -0.4 is 5.32 Å². The Labute approximate surface area is 130 Å². The van der Waals surface area contributed by atoms with Crippen molar-refractivity contribution in [2.45, 2.75) is 51.3 Å². The second kappa shape index (κ2) is 11.0. The highest BCUT2D eigenvalue weighted by molar-refractivity contribution is 5.77. The third-order valence-electron chi connectivity index (χ3n) is 3.47. The van der Waals surface area contributed by atoms with E-state index in [0.29, 0.717) is 12.5 Å². The Morgan fingerprint density at radius 2 is 1.95 bits per heavy atom. The van der Waals surface area contributed by atoms with Crippen LogP contribution in [0.5, 0.6) is 0 Å². The number of carboxylic acids is 1. The minimum Gasteiger partial charge on any atom is -0.483 e. The number of rotatable bonds is 7. The first-order valence-corrected chi connectivity index (χ1v) is 7.21. The smallest absolute Gasteiger partial charge is 0.303 e. The van der Waals surface area contributed by atoms with Crippen LogP contribution in [0.2, 0.25) is 0 Å². The first-order chi connectivity index (χ1) is 10.3. The van der Waals surface area contributed by atoms with Crippen molar-refractivity contribution < 1.29 is 29.3 Å². The van der Waals surface area contributed by atoms with Crippen LogP contribution in [0.25, 0.3) is 0 Å². The van der Waals surface area contributed by atoms with Gasteiger partial charge in [0.15, 0.2) is 0 Å². The molecule has 3 N–H and O–H groups in total. The number of hydrogen-bond donors (Lipinski definition) is 3. The summed E-state index contributed by atoms with van der Waals surface area (Å²) in [6.45, 7) is 5.57. The Morgan fingerprint density at radius 1 is 1.36 bits per heavy atom. The third-order valence-corrected chi connectivity index (χ3v) is 3.47. The first kappa shape index (κ1) is 20.3. The lowest BCUT2D eigenvalue weighted by Crippen LogP contribution is -2.43. The van der Waals surface area contributed by atoms with E-state index in [2.05, 4.69) is 24.1 Å². The maximum atomic E-state index is 11.7. The Hall–Kier alpha value is -1.67. The van der Waals surface area contributed by atoms with E-state index in [9.17, 15) is 9.59 Å². The second-order valence-electron chi connectivity index (χ2n) is 5.35. The number of carbonyl (C=O) groups is 3. The zero-order valence-corrected chi connectivity index (χ0v) is 13.3. The van der Waals surface area contributed by atoms with Gasteiger partial charge in [0.25, 0.3) is 6.47 Å². The fourth-order valence-corrected chi connectivity index (χ4v) is 2.28. The van der Waals surface area contributed by atoms with Gasteiger partial charge in [-0.1, -0.05) is 0 Å². The Bertz CT molecular complexity index is 361. The number of likely N-dealkylation sites (tertiary alicyclic amines) is 1. The Morgan fingerprint density at radius 3 is 2.41 bits per heavy atom. The molecule has 0 aromatic rings. The lowest BCUT2D eigenvalue weighted by atomic mass is 10.2. The highest BCUT2D eigenvalue weighted by Crippen LogP contribution is 2.16. The molecule has 0 spiro atoms. The summed E-state index contributed by atoms with van der Waals surface area (Å²) in [5, 5.41) is 18.4. The van der Waals surface area contributed by atoms with E-state index in [-0.39, 0.29) is 37.4 Å². The van der Waals surface area contributed by atoms with Gasteiger partial charge in [0, 0.05) is 39.1 Å². The number of nitrogens with zero attached hydrogens (tertiary/aromatic N) is 1. The van der Waals surface area contributed by atoms with Crippen LogP contribution in [-0.2, 0) is 19.1 Å². The number of amides is 1. The number of nitrogens with one attached hydrogen (secondary N) is 1. The lowest BCUT2D eigenvalue weighted by Gasteiger charge is -2.20. The molecule has 8 nitrogen and oxygen atoms in total. The van der Waals surface area contributed by atoms with Gasteiger partial charge in [-0.2, -0.15) is 0 Å². The monoisotopic (exact) mass is 318 g/mol. The van der Waals surface area contributed by atoms with Gasteiger partial charge in [0.05, 0.1) is 12.1 Å². The van der Waals surface area contributed by atoms with Crippen LogP contribution in [-0.4, -0.2) is 71.8 Å². The molecular weight excluding hydrogens is 292 g/mol. The molecule has 0 bridgehead atoms. The van der Waals surface area contributed by atoms with E-state index in [4.69, 9.17) is 19.7 Å². The van der Waals surface area contributed by atoms with Gasteiger partial charge in [-0.05, 0) is 20.3 Å². The zero-order chi connectivity index (χ0) is 17.1. The van der Waals surface area contributed by atoms with Crippen molar-refractivity contribution in [3.8, 4) is 0 Å². The summed E-state index contributed by atoms with van der Waals surface area (Å²) in [6.07, 6.45) is 0.662. The van der Waals surface area contributed by atoms with Gasteiger partial charge in [-0.15, -0.1) is 0 Å². The Balaban J connectivity index is 0.00000135. The largest absolute Gasteiger partial charge is 0.483 e. The van der Waals surface area contributed by atoms with Gasteiger partial charge < -0.3 is 20.3 Å². The number of methoxy groups -OCH3 is 1. The van der Waals surface area contributed by atoms with Gasteiger partial charge in [0.2, 0.25) is 5.91 Å². The average Bonchev–Trinajstić information content (AvgIpc) is 2.82. The number of aliphatic carboxylic acids is 1. The molecule has 0 saturated carbocycles. The average molecular weight is 318 g/mol. The first-order valence-electron chi connectivity index (χ1n) is 7.21. The fraction of sp³-hybridized carbons (Fsp3) is 0.786. The summed E-state index contributed by atoms with van der Waals surface area (Å²) in [5.74, 6) is -0.965. The van der Waals surface area contributed by atoms with E-state index in [0.717, 1.165) is 13.1 Å². The maximum absolute atomic E-state index is 11.7. The van der Waals surface area contributed by atoms with Crippen molar-refractivity contribution in [2.24, 2.45) is 0 Å². The van der Waals surface area contributed by atoms with Gasteiger partial charge in [-0.25, -0.2) is 0 Å². The van der Waals surface area contributed by atoms with Crippen LogP contribution in [0.1, 0.15) is 33.1 Å². The van der Waals surface area contributed by atoms with Crippen LogP contribution in [0, 0.1) is 0 Å². The molecule has 1 rings (SSSR count). The molecule has 0 aliphatic carbocycles. The summed E-state index contributed by atoms with van der Waals surface area (Å²) >= 11 is 0. The number of carboxylic acid groups (broad SMARTS) is 2. The molecule has 0 radical (unpaired) electrons. The van der Waals surface area contributed by atoms with Crippen molar-refractivity contribution in [3.05, 3.63) is 0 Å². The lowest BCUT2D eigenvalue weighted by molar-refractivity contribution is -0.137. The molecule has 2 atom stereocenters. The van der Waals surface area contributed by atoms with Crippen molar-refractivity contribution >= 4 is 18.3 Å². The van der Waals surface area contributed by atoms with Crippen LogP contribution in [0.15, 0.2) is 0 Å². The van der Waals surface area contributed by atoms with Crippen molar-refractivity contribution in [3.63, 3.8) is 0 Å². The molecule has 1 heterocycles. The molecule has 1 fully saturated rings. The SMILES string of the molecule is CO[C@H]1CN(C(C)C)C[C@@H]1NC(=O)CCCC(=O)O.O=CO.